The third kappa shape index (κ3) is 5.86. The summed E-state index contributed by atoms with van der Waals surface area (Å²) < 4.78 is 0.806. The average Bonchev–Trinajstić information content (AvgIpc) is 3.04. The lowest BCUT2D eigenvalue weighted by Gasteiger charge is -2.24. The molecule has 0 amide bonds. The molecule has 7 heteroatoms. The molecule has 1 saturated carbocycles. The lowest BCUT2D eigenvalue weighted by molar-refractivity contribution is 0.0572. The fraction of sp³-hybridized carbons (Fsp3) is 0.667. The molecule has 1 aromatic heterocycles. The first kappa shape index (κ1) is 20.0. The highest BCUT2D eigenvalue weighted by Crippen LogP contribution is 2.29. The summed E-state index contributed by atoms with van der Waals surface area (Å²) in [4.78, 5) is 7.90. The summed E-state index contributed by atoms with van der Waals surface area (Å²) in [7, 11) is 2.01. The normalized spacial score (nSPS) is 17.2. The monoisotopic (exact) mass is 457 g/mol. The van der Waals surface area contributed by atoms with Crippen LogP contribution in [0.5, 0.6) is 0 Å². The molecule has 0 spiro atoms. The number of guanidine groups is 1. The summed E-state index contributed by atoms with van der Waals surface area (Å²) in [5, 5.41) is 13.7. The molecule has 0 aliphatic heterocycles. The van der Waals surface area contributed by atoms with Gasteiger partial charge in [-0.15, -0.1) is 35.3 Å². The van der Waals surface area contributed by atoms with E-state index in [0.29, 0.717) is 6.54 Å². The molecule has 1 aromatic rings. The Labute approximate surface area is 159 Å². The van der Waals surface area contributed by atoms with Crippen LogP contribution in [-0.4, -0.2) is 41.7 Å². The number of thiophene rings is 1. The van der Waals surface area contributed by atoms with Gasteiger partial charge in [-0.2, -0.15) is 0 Å². The van der Waals surface area contributed by atoms with Crippen LogP contribution in [0.3, 0.4) is 0 Å². The van der Waals surface area contributed by atoms with Gasteiger partial charge in [0.25, 0.3) is 0 Å². The van der Waals surface area contributed by atoms with Crippen LogP contribution in [0.2, 0.25) is 4.34 Å². The van der Waals surface area contributed by atoms with Crippen LogP contribution >= 0.6 is 46.9 Å². The molecule has 4 nitrogen and oxygen atoms in total. The summed E-state index contributed by atoms with van der Waals surface area (Å²) in [5.74, 6) is 0.836. The van der Waals surface area contributed by atoms with Crippen molar-refractivity contribution in [1.29, 1.82) is 0 Å². The van der Waals surface area contributed by atoms with E-state index in [-0.39, 0.29) is 24.0 Å². The number of nitrogens with one attached hydrogen (secondary N) is 1. The van der Waals surface area contributed by atoms with E-state index in [2.05, 4.69) is 22.1 Å². The molecule has 0 saturated heterocycles. The topological polar surface area (TPSA) is 47.9 Å². The second-order valence-corrected chi connectivity index (χ2v) is 7.46. The van der Waals surface area contributed by atoms with E-state index < -0.39 is 5.60 Å². The first-order valence-corrected chi connectivity index (χ1v) is 8.68. The molecule has 0 unspecified atom stereocenters. The van der Waals surface area contributed by atoms with E-state index >= 15 is 0 Å². The van der Waals surface area contributed by atoms with Crippen molar-refractivity contribution in [1.82, 2.24) is 10.2 Å². The number of hydrogen-bond acceptors (Lipinski definition) is 3. The minimum atomic E-state index is -0.603. The van der Waals surface area contributed by atoms with Crippen molar-refractivity contribution in [2.24, 2.45) is 4.99 Å². The maximum Gasteiger partial charge on any atom is 0.194 e. The van der Waals surface area contributed by atoms with E-state index in [0.717, 1.165) is 49.1 Å². The summed E-state index contributed by atoms with van der Waals surface area (Å²) >= 11 is 7.56. The largest absolute Gasteiger partial charge is 0.388 e. The Morgan fingerprint density at radius 3 is 2.68 bits per heavy atom. The third-order valence-corrected chi connectivity index (χ3v) is 4.99. The average molecular weight is 458 g/mol. The number of rotatable bonds is 5. The van der Waals surface area contributed by atoms with E-state index in [4.69, 9.17) is 11.6 Å². The Morgan fingerprint density at radius 2 is 2.14 bits per heavy atom. The summed E-state index contributed by atoms with van der Waals surface area (Å²) in [6, 6.07) is 3.96. The van der Waals surface area contributed by atoms with Crippen molar-refractivity contribution < 1.29 is 5.11 Å². The van der Waals surface area contributed by atoms with E-state index in [1.807, 2.05) is 19.2 Å². The Kier molecular flexibility index (Phi) is 8.45. The van der Waals surface area contributed by atoms with E-state index in [9.17, 15) is 5.11 Å². The van der Waals surface area contributed by atoms with Crippen LogP contribution < -0.4 is 5.32 Å². The van der Waals surface area contributed by atoms with Crippen molar-refractivity contribution in [3.63, 3.8) is 0 Å². The highest BCUT2D eigenvalue weighted by Gasteiger charge is 2.30. The minimum Gasteiger partial charge on any atom is -0.388 e. The molecule has 22 heavy (non-hydrogen) atoms. The fourth-order valence-electron chi connectivity index (χ4n) is 2.63. The maximum absolute atomic E-state index is 10.4. The quantitative estimate of drug-likeness (QED) is 0.402. The molecule has 0 bridgehead atoms. The second kappa shape index (κ2) is 9.30. The van der Waals surface area contributed by atoms with Crippen molar-refractivity contribution >= 4 is 52.9 Å². The van der Waals surface area contributed by atoms with Gasteiger partial charge in [-0.3, -0.25) is 4.99 Å². The predicted octanol–water partition coefficient (Wildman–Crippen LogP) is 3.72. The van der Waals surface area contributed by atoms with Crippen molar-refractivity contribution in [2.75, 3.05) is 20.1 Å². The van der Waals surface area contributed by atoms with Gasteiger partial charge in [0.2, 0.25) is 0 Å². The highest BCUT2D eigenvalue weighted by molar-refractivity contribution is 14.0. The Bertz CT molecular complexity index is 489. The highest BCUT2D eigenvalue weighted by atomic mass is 127. The van der Waals surface area contributed by atoms with Crippen LogP contribution in [-0.2, 0) is 6.54 Å². The summed E-state index contributed by atoms with van der Waals surface area (Å²) in [6.45, 7) is 4.11. The first-order valence-electron chi connectivity index (χ1n) is 7.48. The predicted molar refractivity (Wildman–Crippen MR) is 106 cm³/mol. The number of nitrogens with zero attached hydrogens (tertiary/aromatic N) is 2. The van der Waals surface area contributed by atoms with Crippen LogP contribution in [0.15, 0.2) is 17.1 Å². The molecule has 2 rings (SSSR count). The van der Waals surface area contributed by atoms with Crippen LogP contribution in [0, 0.1) is 0 Å². The standard InChI is InChI=1S/C15H24ClN3OS.HI/c1-3-17-14(18-11-15(20)8-4-5-9-15)19(2)10-12-6-7-13(16)21-12;/h6-7,20H,3-5,8-11H2,1-2H3,(H,17,18);1H. The molecule has 0 atom stereocenters. The SMILES string of the molecule is CCNC(=NCC1(O)CCCC1)N(C)Cc1ccc(Cl)s1.I. The van der Waals surface area contributed by atoms with E-state index in [1.54, 1.807) is 11.3 Å². The summed E-state index contributed by atoms with van der Waals surface area (Å²) in [6.07, 6.45) is 3.93. The van der Waals surface area contributed by atoms with Crippen molar-refractivity contribution in [2.45, 2.75) is 44.8 Å². The zero-order chi connectivity index (χ0) is 15.3. The molecule has 126 valence electrons. The second-order valence-electron chi connectivity index (χ2n) is 5.66. The zero-order valence-electron chi connectivity index (χ0n) is 13.1. The molecule has 0 radical (unpaired) electrons. The maximum atomic E-state index is 10.4. The Hall–Kier alpha value is -0.0500. The van der Waals surface area contributed by atoms with Crippen molar-refractivity contribution in [3.8, 4) is 0 Å². The molecular formula is C15H25ClIN3OS. The molecule has 2 N–H and O–H groups in total. The zero-order valence-corrected chi connectivity index (χ0v) is 17.0. The number of aliphatic imine (C=N–C) groups is 1. The van der Waals surface area contributed by atoms with Crippen LogP contribution in [0.25, 0.3) is 0 Å². The minimum absolute atomic E-state index is 0. The lowest BCUT2D eigenvalue weighted by atomic mass is 10.0. The van der Waals surface area contributed by atoms with Crippen LogP contribution in [0.1, 0.15) is 37.5 Å². The fourth-order valence-corrected chi connectivity index (χ4v) is 3.77. The number of halogens is 2. The van der Waals surface area contributed by atoms with Crippen molar-refractivity contribution in [3.05, 3.63) is 21.3 Å². The van der Waals surface area contributed by atoms with Crippen LogP contribution in [0.4, 0.5) is 0 Å². The molecule has 1 aliphatic rings. The molecule has 1 aliphatic carbocycles. The first-order chi connectivity index (χ1) is 10.0. The summed E-state index contributed by atoms with van der Waals surface area (Å²) in [5.41, 5.74) is -0.603. The van der Waals surface area contributed by atoms with Gasteiger partial charge in [-0.25, -0.2) is 0 Å². The van der Waals surface area contributed by atoms with Gasteiger partial charge in [0.05, 0.1) is 23.0 Å². The van der Waals surface area contributed by atoms with Gasteiger partial charge < -0.3 is 15.3 Å². The van der Waals surface area contributed by atoms with Gasteiger partial charge >= 0.3 is 0 Å². The number of aliphatic hydroxyl groups is 1. The van der Waals surface area contributed by atoms with Gasteiger partial charge in [-0.1, -0.05) is 24.4 Å². The Morgan fingerprint density at radius 1 is 1.45 bits per heavy atom. The third-order valence-electron chi connectivity index (χ3n) is 3.78. The molecule has 1 fully saturated rings. The number of hydrogen-bond donors (Lipinski definition) is 2. The van der Waals surface area contributed by atoms with Gasteiger partial charge in [-0.05, 0) is 31.9 Å². The van der Waals surface area contributed by atoms with Gasteiger partial charge in [0.1, 0.15) is 0 Å². The smallest absolute Gasteiger partial charge is 0.194 e. The molecule has 1 heterocycles. The lowest BCUT2D eigenvalue weighted by Crippen LogP contribution is -2.40. The van der Waals surface area contributed by atoms with E-state index in [1.165, 1.54) is 4.88 Å². The Balaban J connectivity index is 0.00000242. The van der Waals surface area contributed by atoms with Gasteiger partial charge in [0, 0.05) is 18.5 Å². The molecule has 0 aromatic carbocycles. The molecular weight excluding hydrogens is 433 g/mol. The van der Waals surface area contributed by atoms with Gasteiger partial charge in [0.15, 0.2) is 5.96 Å².